The second kappa shape index (κ2) is 25.8. The van der Waals surface area contributed by atoms with Gasteiger partial charge in [0, 0.05) is 70.0 Å². The van der Waals surface area contributed by atoms with Gasteiger partial charge in [-0.1, -0.05) is 32.9 Å². The maximum Gasteiger partial charge on any atom is 0.311 e. The molecule has 0 spiro atoms. The average molecular weight is 1060 g/mol. The number of nitrogens with zero attached hydrogens (tertiary/aromatic N) is 3. The molecule has 4 aliphatic rings. The Kier molecular flexibility index (Phi) is 21.7. The van der Waals surface area contributed by atoms with Crippen LogP contribution in [0.4, 0.5) is 4.39 Å². The van der Waals surface area contributed by atoms with Gasteiger partial charge in [0.2, 0.25) is 0 Å². The molecule has 0 amide bonds. The van der Waals surface area contributed by atoms with Crippen LogP contribution < -0.4 is 11.0 Å². The third kappa shape index (κ3) is 14.4. The van der Waals surface area contributed by atoms with Gasteiger partial charge in [0.05, 0.1) is 46.4 Å². The quantitative estimate of drug-likeness (QED) is 0.0875. The molecule has 420 valence electrons. The minimum Gasteiger partial charge on any atom is -0.459 e. The first-order chi connectivity index (χ1) is 34.1. The summed E-state index contributed by atoms with van der Waals surface area (Å²) in [5, 5.41) is 61.3. The maximum atomic E-state index is 14.7. The number of methoxy groups -OCH3 is 2. The fourth-order valence-electron chi connectivity index (χ4n) is 11.4. The van der Waals surface area contributed by atoms with Gasteiger partial charge < -0.3 is 78.5 Å². The molecule has 1 aromatic rings. The molecule has 0 aliphatic carbocycles. The van der Waals surface area contributed by atoms with Gasteiger partial charge in [-0.25, -0.2) is 8.60 Å². The van der Waals surface area contributed by atoms with E-state index in [1.54, 1.807) is 71.8 Å². The van der Waals surface area contributed by atoms with E-state index in [1.165, 1.54) is 33.3 Å². The van der Waals surface area contributed by atoms with Gasteiger partial charge in [-0.15, -0.1) is 5.53 Å². The Labute approximate surface area is 434 Å². The molecule has 0 bridgehead atoms. The molecule has 21 atom stereocenters. The molecule has 0 saturated carbocycles. The molecule has 4 heterocycles. The monoisotopic (exact) mass is 1060 g/mol. The standard InChI is InChI=1S/C51H88FN5O15S/c1-15-39-51(10,63)44(59)32(6)56(12)26-28(2)23-49(8,62)46(30(4)42(31(5)47(61)70-39)71-40-24-50(9,67-14)45(60)33(7)69-40)72-48-41(58)37(22-29(3)68-48)55(11)21-20-35-27-57(54-53-35)38(25-52)43(66-13)34-16-18-36(19-17-34)73(64)65/h16-19,27-33,37-46,48,53-54,58-60,62-63H,15,20-26H2,1-14H3,(H,64,65)/t28-,29-,30+,31-,32-,33+,37+,38-,39-,40+,41-,42+,43-,44-,45+,46-,48+,49-,50-,51-/m1/s1. The van der Waals surface area contributed by atoms with Crippen molar-refractivity contribution >= 4 is 17.0 Å². The van der Waals surface area contributed by atoms with Crippen LogP contribution in [0, 0.1) is 17.8 Å². The van der Waals surface area contributed by atoms with Crippen molar-refractivity contribution in [2.75, 3.05) is 48.1 Å². The number of hydrazine groups is 2. The second-order valence-electron chi connectivity index (χ2n) is 21.9. The SMILES string of the molecule is CC[C@H]1OC(=O)[C@H](C)[C@@H](O[C@H]2C[C@@](C)(OC)[C@@H](O)[C@H](C)O2)[C@H](C)[C@@H](O[C@@H]2O[C@H](C)C[C@H](N(C)CCC3=CN([C@H](CF)[C@H](OC)c4ccc(S(=O)O)cc4)NN3)[C@H]2O)[C@](C)(O)C[C@@H](C)CN(C)[C@H](C)[C@@H](O)[C@]1(C)O. The number of rotatable bonds is 16. The normalized spacial score (nSPS) is 41.0. The van der Waals surface area contributed by atoms with E-state index in [-0.39, 0.29) is 30.1 Å². The summed E-state index contributed by atoms with van der Waals surface area (Å²) in [6.07, 6.45) is -8.07. The van der Waals surface area contributed by atoms with Gasteiger partial charge in [-0.3, -0.25) is 9.80 Å². The Morgan fingerprint density at radius 3 is 2.23 bits per heavy atom. The fourth-order valence-corrected chi connectivity index (χ4v) is 11.8. The van der Waals surface area contributed by atoms with E-state index in [9.17, 15) is 43.5 Å². The molecule has 1 unspecified atom stereocenters. The van der Waals surface area contributed by atoms with E-state index in [4.69, 9.17) is 33.2 Å². The molecule has 5 rings (SSSR count). The third-order valence-corrected chi connectivity index (χ3v) is 16.7. The number of esters is 1. The summed E-state index contributed by atoms with van der Waals surface area (Å²) in [4.78, 5) is 18.6. The van der Waals surface area contributed by atoms with Crippen molar-refractivity contribution in [1.29, 1.82) is 0 Å². The number of nitrogens with one attached hydrogen (secondary N) is 2. The molecule has 1 aromatic carbocycles. The highest BCUT2D eigenvalue weighted by atomic mass is 32.2. The summed E-state index contributed by atoms with van der Waals surface area (Å²) in [6.45, 7) is 17.4. The van der Waals surface area contributed by atoms with Gasteiger partial charge in [0.1, 0.15) is 48.8 Å². The Morgan fingerprint density at radius 1 is 0.986 bits per heavy atom. The molecule has 8 N–H and O–H groups in total. The molecule has 0 aromatic heterocycles. The van der Waals surface area contributed by atoms with Crippen LogP contribution in [0.5, 0.6) is 0 Å². The summed E-state index contributed by atoms with van der Waals surface area (Å²) < 4.78 is 79.7. The lowest BCUT2D eigenvalue weighted by Gasteiger charge is -2.49. The smallest absolute Gasteiger partial charge is 0.311 e. The zero-order chi connectivity index (χ0) is 54.5. The summed E-state index contributed by atoms with van der Waals surface area (Å²) in [6, 6.07) is 4.37. The minimum absolute atomic E-state index is 0.0771. The van der Waals surface area contributed by atoms with Crippen LogP contribution in [0.25, 0.3) is 0 Å². The Balaban J connectivity index is 1.43. The number of carbonyl (C=O) groups is 1. The second-order valence-corrected chi connectivity index (χ2v) is 22.9. The highest BCUT2D eigenvalue weighted by Crippen LogP contribution is 2.40. The van der Waals surface area contributed by atoms with Crippen LogP contribution in [0.1, 0.15) is 113 Å². The molecular weight excluding hydrogens is 974 g/mol. The molecule has 3 fully saturated rings. The van der Waals surface area contributed by atoms with E-state index >= 15 is 0 Å². The number of aliphatic hydroxyl groups is 5. The first-order valence-electron chi connectivity index (χ1n) is 25.7. The first kappa shape index (κ1) is 61.4. The molecule has 73 heavy (non-hydrogen) atoms. The zero-order valence-electron chi connectivity index (χ0n) is 45.3. The van der Waals surface area contributed by atoms with E-state index in [1.807, 2.05) is 37.7 Å². The predicted molar refractivity (Wildman–Crippen MR) is 269 cm³/mol. The van der Waals surface area contributed by atoms with Crippen molar-refractivity contribution in [1.82, 2.24) is 25.8 Å². The number of alkyl halides is 1. The van der Waals surface area contributed by atoms with E-state index in [2.05, 4.69) is 11.0 Å². The van der Waals surface area contributed by atoms with Crippen molar-refractivity contribution < 1.29 is 76.6 Å². The van der Waals surface area contributed by atoms with E-state index in [0.29, 0.717) is 31.5 Å². The number of likely N-dealkylation sites (N-methyl/N-ethyl adjacent to an activating group) is 2. The van der Waals surface area contributed by atoms with Crippen molar-refractivity contribution in [2.45, 2.75) is 209 Å². The third-order valence-electron chi connectivity index (χ3n) is 16.0. The number of cyclic esters (lactones) is 1. The molecule has 0 radical (unpaired) electrons. The van der Waals surface area contributed by atoms with Crippen LogP contribution in [-0.2, 0) is 49.0 Å². The predicted octanol–water partition coefficient (Wildman–Crippen LogP) is 3.13. The Hall–Kier alpha value is -2.49. The topological polar surface area (TPSA) is 254 Å². The van der Waals surface area contributed by atoms with Crippen LogP contribution >= 0.6 is 0 Å². The van der Waals surface area contributed by atoms with Gasteiger partial charge in [-0.2, -0.15) is 0 Å². The van der Waals surface area contributed by atoms with Crippen LogP contribution in [0.15, 0.2) is 41.1 Å². The summed E-state index contributed by atoms with van der Waals surface area (Å²) in [5.74, 6) is -2.91. The maximum absolute atomic E-state index is 14.7. The summed E-state index contributed by atoms with van der Waals surface area (Å²) >= 11 is -2.16. The van der Waals surface area contributed by atoms with Crippen molar-refractivity contribution in [3.63, 3.8) is 0 Å². The fraction of sp³-hybridized carbons (Fsp3) is 0.824. The van der Waals surface area contributed by atoms with E-state index in [0.717, 1.165) is 5.70 Å². The molecule has 20 nitrogen and oxygen atoms in total. The summed E-state index contributed by atoms with van der Waals surface area (Å²) in [7, 11) is 6.66. The van der Waals surface area contributed by atoms with Gasteiger partial charge in [0.25, 0.3) is 0 Å². The average Bonchev–Trinajstić information content (AvgIpc) is 3.81. The van der Waals surface area contributed by atoms with Crippen molar-refractivity contribution in [3.8, 4) is 0 Å². The van der Waals surface area contributed by atoms with Crippen molar-refractivity contribution in [3.05, 3.63) is 41.7 Å². The van der Waals surface area contributed by atoms with Gasteiger partial charge in [0.15, 0.2) is 23.7 Å². The lowest BCUT2D eigenvalue weighted by atomic mass is 9.77. The number of aliphatic hydroxyl groups excluding tert-OH is 3. The number of carbonyl (C=O) groups excluding carboxylic acids is 1. The lowest BCUT2D eigenvalue weighted by molar-refractivity contribution is -0.318. The van der Waals surface area contributed by atoms with Crippen LogP contribution in [0.3, 0.4) is 0 Å². The highest BCUT2D eigenvalue weighted by molar-refractivity contribution is 7.79. The molecule has 22 heteroatoms. The number of hydrogen-bond donors (Lipinski definition) is 8. The highest BCUT2D eigenvalue weighted by Gasteiger charge is 2.53. The number of halogens is 1. The summed E-state index contributed by atoms with van der Waals surface area (Å²) in [5.41, 5.74) is 2.88. The van der Waals surface area contributed by atoms with Crippen LogP contribution in [-0.4, -0.2) is 199 Å². The molecular formula is C51H88FN5O15S. The van der Waals surface area contributed by atoms with Crippen LogP contribution in [0.2, 0.25) is 0 Å². The lowest BCUT2D eigenvalue weighted by Crippen LogP contribution is -2.61. The number of hydrogen-bond acceptors (Lipinski definition) is 19. The molecule has 3 saturated heterocycles. The Morgan fingerprint density at radius 2 is 1.64 bits per heavy atom. The van der Waals surface area contributed by atoms with Gasteiger partial charge >= 0.3 is 5.97 Å². The Bertz CT molecular complexity index is 1980. The van der Waals surface area contributed by atoms with Gasteiger partial charge in [-0.05, 0) is 105 Å². The zero-order valence-corrected chi connectivity index (χ0v) is 46.2. The molecule has 4 aliphatic heterocycles. The first-order valence-corrected chi connectivity index (χ1v) is 26.8. The minimum atomic E-state index is -2.16. The number of benzene rings is 1. The van der Waals surface area contributed by atoms with E-state index < -0.39 is 138 Å². The number of ether oxygens (including phenoxy) is 7. The largest absolute Gasteiger partial charge is 0.459 e. The van der Waals surface area contributed by atoms with Crippen molar-refractivity contribution in [2.24, 2.45) is 17.8 Å².